The maximum absolute atomic E-state index is 12.6. The number of sulfonamides is 1. The first-order valence-electron chi connectivity index (χ1n) is 6.16. The highest BCUT2D eigenvalue weighted by atomic mass is 32.2. The van der Waals surface area contributed by atoms with Crippen molar-refractivity contribution in [1.82, 2.24) is 4.31 Å². The van der Waals surface area contributed by atoms with Crippen LogP contribution in [0.15, 0.2) is 23.1 Å². The van der Waals surface area contributed by atoms with Crippen molar-refractivity contribution in [2.45, 2.75) is 37.1 Å². The van der Waals surface area contributed by atoms with Gasteiger partial charge in [0.05, 0.1) is 9.82 Å². The van der Waals surface area contributed by atoms with Gasteiger partial charge in [-0.05, 0) is 38.8 Å². The third-order valence-electron chi connectivity index (χ3n) is 3.56. The molecule has 0 aromatic heterocycles. The Kier molecular flexibility index (Phi) is 3.47. The molecular weight excluding hydrogens is 284 g/mol. The number of hydrogen-bond acceptors (Lipinski definition) is 5. The molecule has 1 heterocycles. The molecule has 7 nitrogen and oxygen atoms in total. The molecule has 1 aliphatic heterocycles. The van der Waals surface area contributed by atoms with Crippen molar-refractivity contribution in [3.8, 4) is 5.75 Å². The molecule has 0 radical (unpaired) electrons. The van der Waals surface area contributed by atoms with Gasteiger partial charge in [-0.2, -0.15) is 4.31 Å². The van der Waals surface area contributed by atoms with E-state index in [-0.39, 0.29) is 4.90 Å². The lowest BCUT2D eigenvalue weighted by Gasteiger charge is -2.30. The van der Waals surface area contributed by atoms with E-state index in [0.29, 0.717) is 6.54 Å². The Morgan fingerprint density at radius 2 is 2.05 bits per heavy atom. The number of nitrogens with zero attached hydrogens (tertiary/aromatic N) is 2. The molecule has 0 bridgehead atoms. The van der Waals surface area contributed by atoms with Crippen LogP contribution in [0.25, 0.3) is 0 Å². The molecule has 1 aromatic carbocycles. The zero-order valence-electron chi connectivity index (χ0n) is 11.2. The molecule has 1 saturated heterocycles. The Labute approximate surface area is 117 Å². The van der Waals surface area contributed by atoms with Gasteiger partial charge in [0.15, 0.2) is 5.75 Å². The van der Waals surface area contributed by atoms with Crippen molar-refractivity contribution < 1.29 is 18.4 Å². The smallest absolute Gasteiger partial charge is 0.312 e. The van der Waals surface area contributed by atoms with Crippen LogP contribution in [-0.2, 0) is 10.0 Å². The first-order chi connectivity index (χ1) is 9.16. The predicted molar refractivity (Wildman–Crippen MR) is 72.0 cm³/mol. The monoisotopic (exact) mass is 300 g/mol. The minimum atomic E-state index is -3.80. The van der Waals surface area contributed by atoms with Crippen LogP contribution >= 0.6 is 0 Å². The largest absolute Gasteiger partial charge is 0.502 e. The fraction of sp³-hybridized carbons (Fsp3) is 0.500. The molecule has 0 unspecified atom stereocenters. The van der Waals surface area contributed by atoms with E-state index >= 15 is 0 Å². The molecular formula is C12H16N2O5S. The maximum atomic E-state index is 12.6. The molecule has 8 heteroatoms. The molecule has 0 aliphatic carbocycles. The van der Waals surface area contributed by atoms with Crippen LogP contribution in [0.1, 0.15) is 26.7 Å². The SMILES string of the molecule is CC1(C)CCCN1S(=O)(=O)c1ccc(O)c([N+](=O)[O-])c1. The Morgan fingerprint density at radius 1 is 1.40 bits per heavy atom. The average molecular weight is 300 g/mol. The summed E-state index contributed by atoms with van der Waals surface area (Å²) < 4.78 is 26.5. The van der Waals surface area contributed by atoms with E-state index in [4.69, 9.17) is 0 Å². The van der Waals surface area contributed by atoms with Crippen LogP contribution in [0.4, 0.5) is 5.69 Å². The van der Waals surface area contributed by atoms with Crippen molar-refractivity contribution in [3.05, 3.63) is 28.3 Å². The van der Waals surface area contributed by atoms with Crippen molar-refractivity contribution in [1.29, 1.82) is 0 Å². The van der Waals surface area contributed by atoms with Crippen molar-refractivity contribution in [3.63, 3.8) is 0 Å². The number of phenolic OH excluding ortho intramolecular Hbond substituents is 1. The minimum absolute atomic E-state index is 0.169. The van der Waals surface area contributed by atoms with E-state index in [2.05, 4.69) is 0 Å². The zero-order valence-corrected chi connectivity index (χ0v) is 12.1. The first kappa shape index (κ1) is 14.7. The molecule has 2 rings (SSSR count). The van der Waals surface area contributed by atoms with Gasteiger partial charge in [0.2, 0.25) is 10.0 Å². The summed E-state index contributed by atoms with van der Waals surface area (Å²) in [6.07, 6.45) is 1.50. The van der Waals surface area contributed by atoms with E-state index in [1.807, 2.05) is 13.8 Å². The Bertz CT molecular complexity index is 654. The Morgan fingerprint density at radius 3 is 2.55 bits per heavy atom. The van der Waals surface area contributed by atoms with Crippen LogP contribution in [0.3, 0.4) is 0 Å². The lowest BCUT2D eigenvalue weighted by atomic mass is 10.0. The summed E-state index contributed by atoms with van der Waals surface area (Å²) in [7, 11) is -3.80. The van der Waals surface area contributed by atoms with Gasteiger partial charge in [0.1, 0.15) is 0 Å². The normalized spacial score (nSPS) is 19.1. The highest BCUT2D eigenvalue weighted by Crippen LogP contribution is 2.36. The molecule has 0 atom stereocenters. The fourth-order valence-corrected chi connectivity index (χ4v) is 4.33. The average Bonchev–Trinajstić information content (AvgIpc) is 2.69. The quantitative estimate of drug-likeness (QED) is 0.678. The molecule has 1 aromatic rings. The van der Waals surface area contributed by atoms with Gasteiger partial charge in [-0.15, -0.1) is 0 Å². The zero-order chi connectivity index (χ0) is 15.1. The van der Waals surface area contributed by atoms with Crippen LogP contribution in [-0.4, -0.2) is 34.8 Å². The molecule has 1 fully saturated rings. The maximum Gasteiger partial charge on any atom is 0.312 e. The van der Waals surface area contributed by atoms with Gasteiger partial charge in [0, 0.05) is 18.2 Å². The number of phenols is 1. The summed E-state index contributed by atoms with van der Waals surface area (Å²) in [5, 5.41) is 20.2. The summed E-state index contributed by atoms with van der Waals surface area (Å²) in [5.74, 6) is -0.547. The fourth-order valence-electron chi connectivity index (χ4n) is 2.47. The molecule has 110 valence electrons. The van der Waals surface area contributed by atoms with Gasteiger partial charge >= 0.3 is 5.69 Å². The number of aromatic hydroxyl groups is 1. The number of hydrogen-bond donors (Lipinski definition) is 1. The molecule has 20 heavy (non-hydrogen) atoms. The molecule has 0 saturated carbocycles. The summed E-state index contributed by atoms with van der Waals surface area (Å²) in [6.45, 7) is 4.04. The van der Waals surface area contributed by atoms with Crippen LogP contribution in [0, 0.1) is 10.1 Å². The standard InChI is InChI=1S/C12H16N2O5S/c1-12(2)6-3-7-13(12)20(18,19)9-4-5-11(15)10(8-9)14(16)17/h4-5,8,15H,3,6-7H2,1-2H3. The van der Waals surface area contributed by atoms with Gasteiger partial charge in [-0.3, -0.25) is 10.1 Å². The number of nitro benzene ring substituents is 1. The third-order valence-corrected chi connectivity index (χ3v) is 5.66. The predicted octanol–water partition coefficient (Wildman–Crippen LogP) is 1.86. The molecule has 1 N–H and O–H groups in total. The van der Waals surface area contributed by atoms with E-state index in [0.717, 1.165) is 25.0 Å². The Balaban J connectivity index is 2.50. The second-order valence-corrected chi connectivity index (χ2v) is 7.26. The van der Waals surface area contributed by atoms with Gasteiger partial charge in [-0.1, -0.05) is 0 Å². The van der Waals surface area contributed by atoms with E-state index in [9.17, 15) is 23.6 Å². The topological polar surface area (TPSA) is 101 Å². The minimum Gasteiger partial charge on any atom is -0.502 e. The lowest BCUT2D eigenvalue weighted by Crippen LogP contribution is -2.42. The van der Waals surface area contributed by atoms with Gasteiger partial charge < -0.3 is 5.11 Å². The molecule has 0 spiro atoms. The summed E-state index contributed by atoms with van der Waals surface area (Å²) in [6, 6.07) is 3.12. The van der Waals surface area contributed by atoms with Gasteiger partial charge in [0.25, 0.3) is 0 Å². The summed E-state index contributed by atoms with van der Waals surface area (Å²) >= 11 is 0. The summed E-state index contributed by atoms with van der Waals surface area (Å²) in [4.78, 5) is 9.82. The van der Waals surface area contributed by atoms with E-state index < -0.39 is 31.9 Å². The Hall–Kier alpha value is -1.67. The van der Waals surface area contributed by atoms with E-state index in [1.165, 1.54) is 10.4 Å². The first-order valence-corrected chi connectivity index (χ1v) is 7.60. The molecule has 1 aliphatic rings. The highest BCUT2D eigenvalue weighted by molar-refractivity contribution is 7.89. The number of nitro groups is 1. The highest BCUT2D eigenvalue weighted by Gasteiger charge is 2.41. The van der Waals surface area contributed by atoms with Crippen molar-refractivity contribution in [2.24, 2.45) is 0 Å². The van der Waals surface area contributed by atoms with Gasteiger partial charge in [-0.25, -0.2) is 8.42 Å². The van der Waals surface area contributed by atoms with Crippen LogP contribution in [0.2, 0.25) is 0 Å². The van der Waals surface area contributed by atoms with Crippen LogP contribution < -0.4 is 0 Å². The second-order valence-electron chi connectivity index (χ2n) is 5.40. The van der Waals surface area contributed by atoms with Crippen LogP contribution in [0.5, 0.6) is 5.75 Å². The van der Waals surface area contributed by atoms with E-state index in [1.54, 1.807) is 0 Å². The number of benzene rings is 1. The second kappa shape index (κ2) is 4.71. The van der Waals surface area contributed by atoms with Crippen molar-refractivity contribution in [2.75, 3.05) is 6.54 Å². The lowest BCUT2D eigenvalue weighted by molar-refractivity contribution is -0.386. The van der Waals surface area contributed by atoms with Crippen molar-refractivity contribution >= 4 is 15.7 Å². The number of rotatable bonds is 3. The third kappa shape index (κ3) is 2.36. The summed E-state index contributed by atoms with van der Waals surface area (Å²) in [5.41, 5.74) is -1.12. The molecule has 0 amide bonds.